The summed E-state index contributed by atoms with van der Waals surface area (Å²) in [6.45, 7) is 6.43. The van der Waals surface area contributed by atoms with E-state index in [-0.39, 0.29) is 11.9 Å². The van der Waals surface area contributed by atoms with Gasteiger partial charge in [0, 0.05) is 37.5 Å². The molecule has 2 aliphatic carbocycles. The molecule has 2 heterocycles. The average molecular weight is 512 g/mol. The molecule has 2 saturated carbocycles. The van der Waals surface area contributed by atoms with E-state index in [1.807, 2.05) is 18.2 Å². The third kappa shape index (κ3) is 4.48. The van der Waals surface area contributed by atoms with Crippen molar-refractivity contribution in [3.8, 4) is 11.4 Å². The minimum Gasteiger partial charge on any atom is -0.378 e. The molecule has 0 radical (unpaired) electrons. The van der Waals surface area contributed by atoms with E-state index >= 15 is 0 Å². The Morgan fingerprint density at radius 3 is 2.44 bits per heavy atom. The molecule has 1 aliphatic heterocycles. The lowest BCUT2D eigenvalue weighted by atomic mass is 9.81. The molecule has 1 unspecified atom stereocenters. The normalized spacial score (nSPS) is 20.2. The second kappa shape index (κ2) is 9.82. The van der Waals surface area contributed by atoms with E-state index in [1.54, 1.807) is 25.3 Å². The van der Waals surface area contributed by atoms with Crippen molar-refractivity contribution < 1.29 is 17.9 Å². The second-order valence-corrected chi connectivity index (χ2v) is 12.2. The first kappa shape index (κ1) is 24.7. The molecule has 1 saturated heterocycles. The standard InChI is InChI=1S/C26H33N5O4S/c1-3-21(18-5-6-18)36(33,34)26(11-4-12-26)22-17-23(31-13-15-35-16-14-31)30-24(29-22)19-7-9-20(10-8-19)28-25(32)27-2/h3,7-10,17-18,21H,1,4-6,11-16H2,2H3,(H2,27,28,32). The summed E-state index contributed by atoms with van der Waals surface area (Å²) in [4.78, 5) is 23.5. The number of nitrogens with zero attached hydrogens (tertiary/aromatic N) is 3. The predicted octanol–water partition coefficient (Wildman–Crippen LogP) is 3.49. The number of benzene rings is 1. The van der Waals surface area contributed by atoms with Crippen LogP contribution in [-0.4, -0.2) is 63.0 Å². The zero-order valence-electron chi connectivity index (χ0n) is 20.6. The van der Waals surface area contributed by atoms with Gasteiger partial charge in [-0.05, 0) is 62.3 Å². The fourth-order valence-electron chi connectivity index (χ4n) is 5.09. The number of sulfone groups is 1. The van der Waals surface area contributed by atoms with Crippen LogP contribution in [0, 0.1) is 5.92 Å². The number of nitrogens with one attached hydrogen (secondary N) is 2. The number of urea groups is 1. The molecule has 1 atom stereocenters. The Hall–Kier alpha value is -2.98. The summed E-state index contributed by atoms with van der Waals surface area (Å²) in [7, 11) is -1.99. The minimum absolute atomic E-state index is 0.158. The summed E-state index contributed by atoms with van der Waals surface area (Å²) in [6.07, 6.45) is 5.43. The van der Waals surface area contributed by atoms with Crippen LogP contribution in [0.5, 0.6) is 0 Å². The van der Waals surface area contributed by atoms with Gasteiger partial charge in [-0.1, -0.05) is 6.08 Å². The summed E-state index contributed by atoms with van der Waals surface area (Å²) in [6, 6.07) is 8.82. The van der Waals surface area contributed by atoms with E-state index in [9.17, 15) is 13.2 Å². The highest BCUT2D eigenvalue weighted by Gasteiger charge is 2.56. The van der Waals surface area contributed by atoms with Gasteiger partial charge in [0.15, 0.2) is 15.7 Å². The van der Waals surface area contributed by atoms with Gasteiger partial charge in [-0.25, -0.2) is 23.2 Å². The largest absolute Gasteiger partial charge is 0.378 e. The summed E-state index contributed by atoms with van der Waals surface area (Å²) in [5.41, 5.74) is 1.96. The van der Waals surface area contributed by atoms with Crippen molar-refractivity contribution in [1.82, 2.24) is 15.3 Å². The molecule has 0 bridgehead atoms. The minimum atomic E-state index is -3.54. The van der Waals surface area contributed by atoms with Crippen molar-refractivity contribution in [2.45, 2.75) is 42.1 Å². The van der Waals surface area contributed by atoms with E-state index in [0.29, 0.717) is 62.2 Å². The van der Waals surface area contributed by atoms with Crippen molar-refractivity contribution in [3.63, 3.8) is 0 Å². The van der Waals surface area contributed by atoms with Crippen molar-refractivity contribution >= 4 is 27.4 Å². The molecule has 1 aromatic heterocycles. The zero-order valence-corrected chi connectivity index (χ0v) is 21.4. The van der Waals surface area contributed by atoms with Gasteiger partial charge in [-0.15, -0.1) is 6.58 Å². The highest BCUT2D eigenvalue weighted by Crippen LogP contribution is 2.53. The third-order valence-electron chi connectivity index (χ3n) is 7.53. The average Bonchev–Trinajstić information content (AvgIpc) is 3.69. The first-order valence-corrected chi connectivity index (χ1v) is 14.1. The van der Waals surface area contributed by atoms with Crippen molar-refractivity contribution in [2.75, 3.05) is 43.6 Å². The smallest absolute Gasteiger partial charge is 0.318 e. The molecule has 1 aromatic carbocycles. The van der Waals surface area contributed by atoms with E-state index < -0.39 is 19.8 Å². The number of ether oxygens (including phenoxy) is 1. The molecule has 192 valence electrons. The van der Waals surface area contributed by atoms with Crippen LogP contribution in [0.3, 0.4) is 0 Å². The Bertz CT molecular complexity index is 1230. The quantitative estimate of drug-likeness (QED) is 0.522. The molecule has 2 amide bonds. The Morgan fingerprint density at radius 1 is 1.19 bits per heavy atom. The van der Waals surface area contributed by atoms with Crippen LogP contribution in [0.15, 0.2) is 43.0 Å². The van der Waals surface area contributed by atoms with Crippen molar-refractivity contribution in [3.05, 3.63) is 48.7 Å². The van der Waals surface area contributed by atoms with Crippen LogP contribution in [0.1, 0.15) is 37.8 Å². The second-order valence-electron chi connectivity index (χ2n) is 9.75. The maximum atomic E-state index is 14.0. The number of carbonyl (C=O) groups is 1. The van der Waals surface area contributed by atoms with Crippen LogP contribution in [0.25, 0.3) is 11.4 Å². The Kier molecular flexibility index (Phi) is 6.74. The molecule has 9 nitrogen and oxygen atoms in total. The van der Waals surface area contributed by atoms with Gasteiger partial charge in [-0.2, -0.15) is 0 Å². The molecule has 2 N–H and O–H groups in total. The fourth-order valence-corrected chi connectivity index (χ4v) is 7.90. The highest BCUT2D eigenvalue weighted by molar-refractivity contribution is 7.93. The van der Waals surface area contributed by atoms with E-state index in [1.165, 1.54) is 0 Å². The first-order chi connectivity index (χ1) is 17.4. The van der Waals surface area contributed by atoms with Gasteiger partial charge in [0.05, 0.1) is 24.2 Å². The fraction of sp³-hybridized carbons (Fsp3) is 0.500. The molecule has 36 heavy (non-hydrogen) atoms. The lowest BCUT2D eigenvalue weighted by molar-refractivity contribution is 0.122. The lowest BCUT2D eigenvalue weighted by Crippen LogP contribution is -2.48. The van der Waals surface area contributed by atoms with Gasteiger partial charge in [0.1, 0.15) is 10.6 Å². The van der Waals surface area contributed by atoms with Crippen LogP contribution >= 0.6 is 0 Å². The van der Waals surface area contributed by atoms with Gasteiger partial charge < -0.3 is 20.3 Å². The molecular weight excluding hydrogens is 478 g/mol. The number of amides is 2. The number of hydrogen-bond donors (Lipinski definition) is 2. The number of rotatable bonds is 8. The molecule has 2 aromatic rings. The summed E-state index contributed by atoms with van der Waals surface area (Å²) in [5, 5.41) is 4.72. The van der Waals surface area contributed by atoms with Crippen LogP contribution in [-0.2, 0) is 19.3 Å². The number of morpholine rings is 1. The third-order valence-corrected chi connectivity index (χ3v) is 10.5. The number of carbonyl (C=O) groups excluding carboxylic acids is 1. The summed E-state index contributed by atoms with van der Waals surface area (Å²) in [5.74, 6) is 1.35. The Labute approximate surface area is 212 Å². The molecule has 3 fully saturated rings. The summed E-state index contributed by atoms with van der Waals surface area (Å²) < 4.78 is 32.6. The number of hydrogen-bond acceptors (Lipinski definition) is 7. The Morgan fingerprint density at radius 2 is 1.89 bits per heavy atom. The van der Waals surface area contributed by atoms with Gasteiger partial charge in [0.2, 0.25) is 0 Å². The van der Waals surface area contributed by atoms with Crippen LogP contribution in [0.2, 0.25) is 0 Å². The van der Waals surface area contributed by atoms with Crippen molar-refractivity contribution in [1.29, 1.82) is 0 Å². The molecule has 5 rings (SSSR count). The van der Waals surface area contributed by atoms with E-state index in [2.05, 4.69) is 22.1 Å². The first-order valence-electron chi connectivity index (χ1n) is 12.6. The maximum absolute atomic E-state index is 14.0. The van der Waals surface area contributed by atoms with Crippen LogP contribution < -0.4 is 15.5 Å². The number of anilines is 2. The van der Waals surface area contributed by atoms with E-state index in [0.717, 1.165) is 24.8 Å². The van der Waals surface area contributed by atoms with Crippen LogP contribution in [0.4, 0.5) is 16.3 Å². The molecule has 10 heteroatoms. The van der Waals surface area contributed by atoms with E-state index in [4.69, 9.17) is 14.7 Å². The topological polar surface area (TPSA) is 114 Å². The summed E-state index contributed by atoms with van der Waals surface area (Å²) >= 11 is 0. The lowest BCUT2D eigenvalue weighted by Gasteiger charge is -2.43. The van der Waals surface area contributed by atoms with Crippen molar-refractivity contribution in [2.24, 2.45) is 5.92 Å². The molecule has 3 aliphatic rings. The molecular formula is C26H33N5O4S. The maximum Gasteiger partial charge on any atom is 0.318 e. The SMILES string of the molecule is C=CC(C1CC1)S(=O)(=O)C1(c2cc(N3CCOCC3)nc(-c3ccc(NC(=O)NC)cc3)n2)CCC1. The van der Waals surface area contributed by atoms with Gasteiger partial charge in [0.25, 0.3) is 0 Å². The predicted molar refractivity (Wildman–Crippen MR) is 140 cm³/mol. The number of aromatic nitrogens is 2. The Balaban J connectivity index is 1.57. The zero-order chi connectivity index (χ0) is 25.3. The van der Waals surface area contributed by atoms with Gasteiger partial charge in [-0.3, -0.25) is 0 Å². The highest BCUT2D eigenvalue weighted by atomic mass is 32.2. The van der Waals surface area contributed by atoms with Gasteiger partial charge >= 0.3 is 6.03 Å². The molecule has 0 spiro atoms. The monoisotopic (exact) mass is 511 g/mol.